The van der Waals surface area contributed by atoms with E-state index >= 15 is 0 Å². The highest BCUT2D eigenvalue weighted by atomic mass is 16.1. The molecule has 0 amide bonds. The quantitative estimate of drug-likeness (QED) is 0.702. The minimum Gasteiger partial charge on any atom is -0.267 e. The van der Waals surface area contributed by atoms with Crippen LogP contribution in [0.25, 0.3) is 16.9 Å². The molecular weight excluding hydrogens is 238 g/mol. The molecule has 4 heteroatoms. The van der Waals surface area contributed by atoms with Crippen molar-refractivity contribution >= 4 is 11.2 Å². The molecule has 3 aromatic rings. The lowest BCUT2D eigenvalue weighted by Crippen LogP contribution is -2.24. The fraction of sp³-hybridized carbons (Fsp3) is 0.133. The van der Waals surface area contributed by atoms with Crippen LogP contribution in [0.2, 0.25) is 0 Å². The number of aromatic nitrogens is 3. The molecule has 0 saturated heterocycles. The maximum absolute atomic E-state index is 12.5. The van der Waals surface area contributed by atoms with Gasteiger partial charge in [0.25, 0.3) is 5.56 Å². The van der Waals surface area contributed by atoms with E-state index in [-0.39, 0.29) is 5.56 Å². The van der Waals surface area contributed by atoms with Gasteiger partial charge in [-0.3, -0.25) is 9.36 Å². The van der Waals surface area contributed by atoms with Crippen LogP contribution in [0.3, 0.4) is 0 Å². The lowest BCUT2D eigenvalue weighted by atomic mass is 10.2. The summed E-state index contributed by atoms with van der Waals surface area (Å²) >= 11 is 0. The molecule has 94 valence electrons. The SMILES string of the molecule is CCc1nc2cccnc2n(-c2ccccc2)c1=O. The van der Waals surface area contributed by atoms with Gasteiger partial charge in [-0.2, -0.15) is 0 Å². The third kappa shape index (κ3) is 1.91. The second kappa shape index (κ2) is 4.65. The molecule has 0 fully saturated rings. The summed E-state index contributed by atoms with van der Waals surface area (Å²) in [5.41, 5.74) is 2.61. The van der Waals surface area contributed by atoms with Crippen molar-refractivity contribution in [3.8, 4) is 5.69 Å². The van der Waals surface area contributed by atoms with E-state index < -0.39 is 0 Å². The maximum atomic E-state index is 12.5. The summed E-state index contributed by atoms with van der Waals surface area (Å²) in [7, 11) is 0. The first-order valence-corrected chi connectivity index (χ1v) is 6.23. The fourth-order valence-electron chi connectivity index (χ4n) is 2.11. The molecule has 0 aliphatic carbocycles. The van der Waals surface area contributed by atoms with Gasteiger partial charge in [-0.15, -0.1) is 0 Å². The standard InChI is InChI=1S/C15H13N3O/c1-2-12-15(19)18(11-7-4-3-5-8-11)14-13(17-12)9-6-10-16-14/h3-10H,2H2,1H3. The highest BCUT2D eigenvalue weighted by Crippen LogP contribution is 2.13. The van der Waals surface area contributed by atoms with Gasteiger partial charge in [0.15, 0.2) is 5.65 Å². The second-order valence-corrected chi connectivity index (χ2v) is 4.23. The Kier molecular flexibility index (Phi) is 2.83. The second-order valence-electron chi connectivity index (χ2n) is 4.23. The Morgan fingerprint density at radius 2 is 1.89 bits per heavy atom. The van der Waals surface area contributed by atoms with E-state index in [9.17, 15) is 4.79 Å². The van der Waals surface area contributed by atoms with E-state index in [2.05, 4.69) is 9.97 Å². The van der Waals surface area contributed by atoms with E-state index in [1.807, 2.05) is 49.4 Å². The third-order valence-corrected chi connectivity index (χ3v) is 3.03. The Hall–Kier alpha value is -2.49. The Morgan fingerprint density at radius 3 is 2.63 bits per heavy atom. The van der Waals surface area contributed by atoms with Crippen LogP contribution in [0.15, 0.2) is 53.5 Å². The van der Waals surface area contributed by atoms with E-state index in [1.54, 1.807) is 10.8 Å². The topological polar surface area (TPSA) is 47.8 Å². The number of fused-ring (bicyclic) bond motifs is 1. The third-order valence-electron chi connectivity index (χ3n) is 3.03. The molecule has 1 aromatic carbocycles. The number of para-hydroxylation sites is 1. The first-order chi connectivity index (χ1) is 9.31. The number of hydrogen-bond acceptors (Lipinski definition) is 3. The number of hydrogen-bond donors (Lipinski definition) is 0. The van der Waals surface area contributed by atoms with Gasteiger partial charge in [-0.05, 0) is 30.7 Å². The van der Waals surface area contributed by atoms with Crippen molar-refractivity contribution in [3.63, 3.8) is 0 Å². The summed E-state index contributed by atoms with van der Waals surface area (Å²) in [6.07, 6.45) is 2.28. The molecule has 0 atom stereocenters. The highest BCUT2D eigenvalue weighted by Gasteiger charge is 2.11. The summed E-state index contributed by atoms with van der Waals surface area (Å²) < 4.78 is 1.63. The van der Waals surface area contributed by atoms with Gasteiger partial charge in [0.2, 0.25) is 0 Å². The van der Waals surface area contributed by atoms with Crippen LogP contribution < -0.4 is 5.56 Å². The van der Waals surface area contributed by atoms with Crippen LogP contribution in [-0.4, -0.2) is 14.5 Å². The van der Waals surface area contributed by atoms with Crippen molar-refractivity contribution in [1.82, 2.24) is 14.5 Å². The number of aryl methyl sites for hydroxylation is 1. The van der Waals surface area contributed by atoms with Gasteiger partial charge >= 0.3 is 0 Å². The minimum atomic E-state index is -0.0973. The number of nitrogens with zero attached hydrogens (tertiary/aromatic N) is 3. The van der Waals surface area contributed by atoms with Crippen LogP contribution in [0.5, 0.6) is 0 Å². The molecule has 0 spiro atoms. The van der Waals surface area contributed by atoms with Crippen molar-refractivity contribution in [2.45, 2.75) is 13.3 Å². The van der Waals surface area contributed by atoms with Gasteiger partial charge < -0.3 is 0 Å². The molecule has 2 heterocycles. The lowest BCUT2D eigenvalue weighted by Gasteiger charge is -2.10. The summed E-state index contributed by atoms with van der Waals surface area (Å²) in [6, 6.07) is 13.2. The van der Waals surface area contributed by atoms with Gasteiger partial charge in [-0.1, -0.05) is 25.1 Å². The molecule has 3 rings (SSSR count). The zero-order chi connectivity index (χ0) is 13.2. The van der Waals surface area contributed by atoms with Crippen LogP contribution in [0.4, 0.5) is 0 Å². The predicted octanol–water partition coefficient (Wildman–Crippen LogP) is 2.34. The zero-order valence-corrected chi connectivity index (χ0v) is 10.6. The molecule has 0 saturated carbocycles. The van der Waals surface area contributed by atoms with Crippen molar-refractivity contribution in [2.75, 3.05) is 0 Å². The number of benzene rings is 1. The van der Waals surface area contributed by atoms with Crippen molar-refractivity contribution in [1.29, 1.82) is 0 Å². The molecule has 0 aliphatic heterocycles. The minimum absolute atomic E-state index is 0.0973. The summed E-state index contributed by atoms with van der Waals surface area (Å²) in [5, 5.41) is 0. The predicted molar refractivity (Wildman–Crippen MR) is 74.5 cm³/mol. The van der Waals surface area contributed by atoms with Crippen molar-refractivity contribution in [3.05, 3.63) is 64.7 Å². The maximum Gasteiger partial charge on any atom is 0.278 e. The zero-order valence-electron chi connectivity index (χ0n) is 10.6. The Labute approximate surface area is 110 Å². The van der Waals surface area contributed by atoms with Crippen LogP contribution in [0.1, 0.15) is 12.6 Å². The highest BCUT2D eigenvalue weighted by molar-refractivity contribution is 5.72. The van der Waals surface area contributed by atoms with Crippen LogP contribution >= 0.6 is 0 Å². The Bertz CT molecular complexity index is 778. The number of rotatable bonds is 2. The van der Waals surface area contributed by atoms with Gasteiger partial charge in [0.1, 0.15) is 11.2 Å². The van der Waals surface area contributed by atoms with E-state index in [0.29, 0.717) is 17.8 Å². The Balaban J connectivity index is 2.45. The van der Waals surface area contributed by atoms with E-state index in [0.717, 1.165) is 11.2 Å². The Morgan fingerprint density at radius 1 is 1.11 bits per heavy atom. The van der Waals surface area contributed by atoms with E-state index in [1.165, 1.54) is 0 Å². The first-order valence-electron chi connectivity index (χ1n) is 6.23. The average molecular weight is 251 g/mol. The molecule has 19 heavy (non-hydrogen) atoms. The molecule has 0 radical (unpaired) electrons. The monoisotopic (exact) mass is 251 g/mol. The summed E-state index contributed by atoms with van der Waals surface area (Å²) in [5.74, 6) is 0. The molecule has 0 aliphatic rings. The molecule has 0 unspecified atom stereocenters. The van der Waals surface area contributed by atoms with Gasteiger partial charge in [0.05, 0.1) is 5.69 Å². The first kappa shape index (κ1) is 11.6. The molecule has 0 bridgehead atoms. The molecular formula is C15H13N3O. The normalized spacial score (nSPS) is 10.8. The number of pyridine rings is 1. The van der Waals surface area contributed by atoms with Gasteiger partial charge in [0, 0.05) is 6.20 Å². The smallest absolute Gasteiger partial charge is 0.267 e. The fourth-order valence-corrected chi connectivity index (χ4v) is 2.11. The molecule has 4 nitrogen and oxygen atoms in total. The molecule has 2 aromatic heterocycles. The van der Waals surface area contributed by atoms with Crippen LogP contribution in [0, 0.1) is 0 Å². The summed E-state index contributed by atoms with van der Waals surface area (Å²) in [6.45, 7) is 1.93. The van der Waals surface area contributed by atoms with Crippen LogP contribution in [-0.2, 0) is 6.42 Å². The molecule has 0 N–H and O–H groups in total. The van der Waals surface area contributed by atoms with E-state index in [4.69, 9.17) is 0 Å². The van der Waals surface area contributed by atoms with Crippen molar-refractivity contribution < 1.29 is 0 Å². The summed E-state index contributed by atoms with van der Waals surface area (Å²) in [4.78, 5) is 21.2. The average Bonchev–Trinajstić information content (AvgIpc) is 2.47. The van der Waals surface area contributed by atoms with Gasteiger partial charge in [-0.25, -0.2) is 9.97 Å². The largest absolute Gasteiger partial charge is 0.278 e. The van der Waals surface area contributed by atoms with Crippen molar-refractivity contribution in [2.24, 2.45) is 0 Å². The lowest BCUT2D eigenvalue weighted by molar-refractivity contribution is 0.913.